The first-order valence-corrected chi connectivity index (χ1v) is 6.51. The Labute approximate surface area is 99.7 Å². The van der Waals surface area contributed by atoms with Crippen LogP contribution >= 0.6 is 0 Å². The molecule has 0 aromatic rings. The first-order chi connectivity index (χ1) is 7.63. The molecule has 0 saturated heterocycles. The van der Waals surface area contributed by atoms with E-state index in [-0.39, 0.29) is 11.7 Å². The van der Waals surface area contributed by atoms with Gasteiger partial charge >= 0.3 is 0 Å². The summed E-state index contributed by atoms with van der Waals surface area (Å²) in [5.74, 6) is -0.205. The largest absolute Gasteiger partial charge is 0.392 e. The van der Waals surface area contributed by atoms with Crippen LogP contribution in [0.2, 0.25) is 0 Å². The second kappa shape index (κ2) is 9.59. The summed E-state index contributed by atoms with van der Waals surface area (Å²) < 4.78 is 0. The Kier molecular flexibility index (Phi) is 9.21. The number of carbonyl (C=O) groups is 1. The van der Waals surface area contributed by atoms with Crippen LogP contribution in [0.5, 0.6) is 0 Å². The van der Waals surface area contributed by atoms with Crippen LogP contribution in [0, 0.1) is 5.92 Å². The Morgan fingerprint density at radius 3 is 2.44 bits per heavy atom. The predicted octanol–water partition coefficient (Wildman–Crippen LogP) is 3.49. The van der Waals surface area contributed by atoms with E-state index in [9.17, 15) is 9.90 Å². The van der Waals surface area contributed by atoms with Crippen molar-refractivity contribution in [2.45, 2.75) is 65.4 Å². The highest BCUT2D eigenvalue weighted by atomic mass is 16.3. The molecule has 0 aliphatic rings. The number of hydrogen-bond donors (Lipinski definition) is 1. The maximum Gasteiger partial charge on any atom is 0.160 e. The molecule has 0 amide bonds. The first-order valence-electron chi connectivity index (χ1n) is 6.51. The molecular formula is C14H26O2. The molecule has 0 fully saturated rings. The molecular weight excluding hydrogens is 200 g/mol. The Hall–Kier alpha value is -0.630. The second-order valence-corrected chi connectivity index (χ2v) is 4.45. The van der Waals surface area contributed by atoms with Crippen molar-refractivity contribution in [2.75, 3.05) is 0 Å². The lowest BCUT2D eigenvalue weighted by Gasteiger charge is -2.15. The number of carbonyl (C=O) groups excluding carboxylic acids is 1. The zero-order valence-electron chi connectivity index (χ0n) is 10.9. The van der Waals surface area contributed by atoms with Crippen molar-refractivity contribution in [1.29, 1.82) is 0 Å². The lowest BCUT2D eigenvalue weighted by atomic mass is 9.95. The fraction of sp³-hybridized carbons (Fsp3) is 0.786. The van der Waals surface area contributed by atoms with E-state index in [1.807, 2.05) is 13.0 Å². The van der Waals surface area contributed by atoms with Crippen molar-refractivity contribution in [3.8, 4) is 0 Å². The van der Waals surface area contributed by atoms with Crippen molar-refractivity contribution in [1.82, 2.24) is 0 Å². The van der Waals surface area contributed by atoms with Crippen molar-refractivity contribution in [3.63, 3.8) is 0 Å². The van der Waals surface area contributed by atoms with E-state index >= 15 is 0 Å². The van der Waals surface area contributed by atoms with Crippen molar-refractivity contribution in [3.05, 3.63) is 12.2 Å². The van der Waals surface area contributed by atoms with Gasteiger partial charge in [-0.15, -0.1) is 0 Å². The molecule has 2 unspecified atom stereocenters. The minimum atomic E-state index is -0.483. The van der Waals surface area contributed by atoms with E-state index in [0.717, 1.165) is 38.5 Å². The molecule has 0 aliphatic heterocycles. The van der Waals surface area contributed by atoms with E-state index in [1.54, 1.807) is 6.08 Å². The van der Waals surface area contributed by atoms with E-state index in [4.69, 9.17) is 0 Å². The van der Waals surface area contributed by atoms with Crippen molar-refractivity contribution >= 4 is 5.78 Å². The molecule has 0 radical (unpaired) electrons. The Bertz CT molecular complexity index is 209. The van der Waals surface area contributed by atoms with Gasteiger partial charge in [0.05, 0.1) is 6.10 Å². The average molecular weight is 226 g/mol. The summed E-state index contributed by atoms with van der Waals surface area (Å²) in [5.41, 5.74) is 0. The number of aliphatic hydroxyl groups is 1. The summed E-state index contributed by atoms with van der Waals surface area (Å²) in [6.07, 6.45) is 9.08. The standard InChI is InChI=1S/C14H26O2/c1-4-6-8-9-11-14(16)12(3)13(15)10-7-5-2/h9,11-13,15H,4-8,10H2,1-3H3/b11-9+. The minimum absolute atomic E-state index is 0.0553. The number of rotatable bonds is 9. The summed E-state index contributed by atoms with van der Waals surface area (Å²) in [7, 11) is 0. The van der Waals surface area contributed by atoms with Crippen LogP contribution in [0.15, 0.2) is 12.2 Å². The zero-order valence-corrected chi connectivity index (χ0v) is 10.9. The molecule has 0 aromatic heterocycles. The minimum Gasteiger partial charge on any atom is -0.392 e. The van der Waals surface area contributed by atoms with E-state index in [1.165, 1.54) is 0 Å². The van der Waals surface area contributed by atoms with Gasteiger partial charge in [0.25, 0.3) is 0 Å². The van der Waals surface area contributed by atoms with Gasteiger partial charge in [-0.1, -0.05) is 52.5 Å². The van der Waals surface area contributed by atoms with Gasteiger partial charge in [-0.2, -0.15) is 0 Å². The fourth-order valence-electron chi connectivity index (χ4n) is 1.53. The van der Waals surface area contributed by atoms with E-state index in [0.29, 0.717) is 0 Å². The molecule has 0 aromatic carbocycles. The van der Waals surface area contributed by atoms with Gasteiger partial charge in [-0.25, -0.2) is 0 Å². The van der Waals surface area contributed by atoms with Gasteiger partial charge in [0, 0.05) is 5.92 Å². The van der Waals surface area contributed by atoms with Crippen LogP contribution < -0.4 is 0 Å². The Morgan fingerprint density at radius 1 is 1.25 bits per heavy atom. The topological polar surface area (TPSA) is 37.3 Å². The predicted molar refractivity (Wildman–Crippen MR) is 68.4 cm³/mol. The summed E-state index contributed by atoms with van der Waals surface area (Å²) in [4.78, 5) is 11.7. The number of aliphatic hydroxyl groups excluding tert-OH is 1. The van der Waals surface area contributed by atoms with Gasteiger partial charge < -0.3 is 5.11 Å². The van der Waals surface area contributed by atoms with Crippen LogP contribution in [0.3, 0.4) is 0 Å². The highest BCUT2D eigenvalue weighted by Crippen LogP contribution is 2.12. The normalized spacial score (nSPS) is 15.2. The molecule has 16 heavy (non-hydrogen) atoms. The SMILES string of the molecule is CCCC/C=C/C(=O)C(C)C(O)CCCC. The highest BCUT2D eigenvalue weighted by Gasteiger charge is 2.18. The Morgan fingerprint density at radius 2 is 1.88 bits per heavy atom. The van der Waals surface area contributed by atoms with Gasteiger partial charge in [0.1, 0.15) is 0 Å². The molecule has 1 N–H and O–H groups in total. The zero-order chi connectivity index (χ0) is 12.4. The molecule has 0 rings (SSSR count). The second-order valence-electron chi connectivity index (χ2n) is 4.45. The van der Waals surface area contributed by atoms with E-state index in [2.05, 4.69) is 13.8 Å². The van der Waals surface area contributed by atoms with Crippen LogP contribution in [0.1, 0.15) is 59.3 Å². The molecule has 0 bridgehead atoms. The summed E-state index contributed by atoms with van der Waals surface area (Å²) >= 11 is 0. The molecule has 0 heterocycles. The number of allylic oxidation sites excluding steroid dienone is 2. The molecule has 2 atom stereocenters. The monoisotopic (exact) mass is 226 g/mol. The maximum atomic E-state index is 11.7. The average Bonchev–Trinajstić information content (AvgIpc) is 2.30. The van der Waals surface area contributed by atoms with Gasteiger partial charge in [-0.3, -0.25) is 4.79 Å². The highest BCUT2D eigenvalue weighted by molar-refractivity contribution is 5.91. The van der Waals surface area contributed by atoms with Crippen LogP contribution in [-0.4, -0.2) is 17.0 Å². The molecule has 0 aliphatic carbocycles. The molecule has 2 nitrogen and oxygen atoms in total. The van der Waals surface area contributed by atoms with Crippen molar-refractivity contribution in [2.24, 2.45) is 5.92 Å². The van der Waals surface area contributed by atoms with Crippen LogP contribution in [0.25, 0.3) is 0 Å². The summed E-state index contributed by atoms with van der Waals surface area (Å²) in [6.45, 7) is 6.03. The third kappa shape index (κ3) is 6.78. The summed E-state index contributed by atoms with van der Waals surface area (Å²) in [5, 5.41) is 9.77. The third-order valence-electron chi connectivity index (χ3n) is 2.89. The van der Waals surface area contributed by atoms with Crippen LogP contribution in [0.4, 0.5) is 0 Å². The maximum absolute atomic E-state index is 11.7. The van der Waals surface area contributed by atoms with Crippen molar-refractivity contribution < 1.29 is 9.90 Å². The molecule has 0 saturated carbocycles. The van der Waals surface area contributed by atoms with Gasteiger partial charge in [0.15, 0.2) is 5.78 Å². The fourth-order valence-corrected chi connectivity index (χ4v) is 1.53. The smallest absolute Gasteiger partial charge is 0.160 e. The van der Waals surface area contributed by atoms with E-state index < -0.39 is 6.10 Å². The molecule has 0 spiro atoms. The third-order valence-corrected chi connectivity index (χ3v) is 2.89. The van der Waals surface area contributed by atoms with Gasteiger partial charge in [-0.05, 0) is 18.9 Å². The molecule has 2 heteroatoms. The van der Waals surface area contributed by atoms with Gasteiger partial charge in [0.2, 0.25) is 0 Å². The lowest BCUT2D eigenvalue weighted by molar-refractivity contribution is -0.121. The summed E-state index contributed by atoms with van der Waals surface area (Å²) in [6, 6.07) is 0. The lowest BCUT2D eigenvalue weighted by Crippen LogP contribution is -2.24. The van der Waals surface area contributed by atoms with Crippen LogP contribution in [-0.2, 0) is 4.79 Å². The number of unbranched alkanes of at least 4 members (excludes halogenated alkanes) is 3. The first kappa shape index (κ1) is 15.4. The number of hydrogen-bond acceptors (Lipinski definition) is 2. The molecule has 94 valence electrons. The Balaban J connectivity index is 3.92. The quantitative estimate of drug-likeness (QED) is 0.482. The number of ketones is 1.